The number of rotatable bonds is 7. The van der Waals surface area contributed by atoms with Crippen molar-refractivity contribution in [2.45, 2.75) is 59.2 Å². The average Bonchev–Trinajstić information content (AvgIpc) is 3.15. The maximum Gasteiger partial charge on any atom is 0.353 e. The number of Topliss-reactive ketones (excluding diaryl/α,β-unsaturated/α-hetero) is 1. The third-order valence-electron chi connectivity index (χ3n) is 3.64. The van der Waals surface area contributed by atoms with Gasteiger partial charge in [0.05, 0.1) is 17.5 Å². The largest absolute Gasteiger partial charge is 0.457 e. The molecule has 0 aromatic carbocycles. The lowest BCUT2D eigenvalue weighted by Gasteiger charge is -2.26. The predicted octanol–water partition coefficient (Wildman–Crippen LogP) is 1.93. The molecule has 1 fully saturated rings. The Labute approximate surface area is 167 Å². The molecule has 10 heteroatoms. The van der Waals surface area contributed by atoms with Crippen LogP contribution in [-0.2, 0) is 28.8 Å². The zero-order valence-electron chi connectivity index (χ0n) is 16.8. The fraction of sp³-hybridized carbons (Fsp3) is 0.611. The van der Waals surface area contributed by atoms with Crippen molar-refractivity contribution in [1.82, 2.24) is 10.5 Å². The number of amides is 1. The number of ether oxygens (including phenoxy) is 1. The zero-order valence-corrected chi connectivity index (χ0v) is 17.6. The first kappa shape index (κ1) is 22.0. The summed E-state index contributed by atoms with van der Waals surface area (Å²) in [5.41, 5.74) is 0.373. The van der Waals surface area contributed by atoms with Crippen LogP contribution in [0.25, 0.3) is 0 Å². The van der Waals surface area contributed by atoms with E-state index in [1.54, 1.807) is 33.1 Å². The van der Waals surface area contributed by atoms with Crippen molar-refractivity contribution in [3.05, 3.63) is 16.1 Å². The van der Waals surface area contributed by atoms with Crippen molar-refractivity contribution < 1.29 is 28.8 Å². The van der Waals surface area contributed by atoms with Crippen LogP contribution < -0.4 is 5.48 Å². The molecule has 0 saturated carbocycles. The Bertz CT molecular complexity index is 793. The Morgan fingerprint density at radius 2 is 2.04 bits per heavy atom. The summed E-state index contributed by atoms with van der Waals surface area (Å²) >= 11 is 1.35. The summed E-state index contributed by atoms with van der Waals surface area (Å²) < 4.78 is 5.33. The molecule has 1 aromatic rings. The topological polar surface area (TPSA) is 116 Å². The van der Waals surface area contributed by atoms with Crippen LogP contribution in [0.2, 0.25) is 0 Å². The molecule has 0 aliphatic carbocycles. The van der Waals surface area contributed by atoms with Gasteiger partial charge in [0.15, 0.2) is 11.5 Å². The second-order valence-corrected chi connectivity index (χ2v) is 8.96. The molecule has 0 spiro atoms. The number of nitrogens with zero attached hydrogens (tertiary/aromatic N) is 2. The highest BCUT2D eigenvalue weighted by atomic mass is 32.1. The first-order valence-electron chi connectivity index (χ1n) is 8.76. The fourth-order valence-corrected chi connectivity index (χ4v) is 2.75. The smallest absolute Gasteiger partial charge is 0.353 e. The van der Waals surface area contributed by atoms with Crippen molar-refractivity contribution >= 4 is 34.7 Å². The average molecular weight is 411 g/mol. The molecule has 0 unspecified atom stereocenters. The molecule has 0 bridgehead atoms. The van der Waals surface area contributed by atoms with Crippen LogP contribution >= 0.6 is 11.3 Å². The van der Waals surface area contributed by atoms with Crippen molar-refractivity contribution in [3.63, 3.8) is 0 Å². The Morgan fingerprint density at radius 3 is 2.54 bits per heavy atom. The van der Waals surface area contributed by atoms with Gasteiger partial charge in [-0.05, 0) is 41.5 Å². The number of aromatic nitrogens is 1. The molecule has 1 aromatic heterocycles. The monoisotopic (exact) mass is 411 g/mol. The summed E-state index contributed by atoms with van der Waals surface area (Å²) in [4.78, 5) is 51.3. The Hall–Kier alpha value is -2.33. The summed E-state index contributed by atoms with van der Waals surface area (Å²) in [7, 11) is 0. The van der Waals surface area contributed by atoms with E-state index in [9.17, 15) is 14.4 Å². The maximum atomic E-state index is 12.8. The second kappa shape index (κ2) is 8.36. The van der Waals surface area contributed by atoms with Gasteiger partial charge < -0.3 is 9.57 Å². The van der Waals surface area contributed by atoms with E-state index >= 15 is 0 Å². The first-order valence-corrected chi connectivity index (χ1v) is 9.64. The Morgan fingerprint density at radius 1 is 1.36 bits per heavy atom. The number of ketones is 1. The summed E-state index contributed by atoms with van der Waals surface area (Å²) in [6.45, 7) is 10.1. The molecule has 1 aliphatic rings. The van der Waals surface area contributed by atoms with Gasteiger partial charge in [0.2, 0.25) is 11.5 Å². The molecule has 1 atom stereocenters. The number of thiazole rings is 1. The van der Waals surface area contributed by atoms with Gasteiger partial charge >= 0.3 is 5.97 Å². The van der Waals surface area contributed by atoms with Crippen LogP contribution in [0.15, 0.2) is 10.5 Å². The van der Waals surface area contributed by atoms with Crippen molar-refractivity contribution in [1.29, 1.82) is 0 Å². The van der Waals surface area contributed by atoms with Gasteiger partial charge in [0.1, 0.15) is 11.3 Å². The second-order valence-electron chi connectivity index (χ2n) is 7.90. The molecule has 154 valence electrons. The number of aryl methyl sites for hydroxylation is 1. The number of oxime groups is 1. The van der Waals surface area contributed by atoms with E-state index in [1.807, 2.05) is 0 Å². The van der Waals surface area contributed by atoms with Crippen molar-refractivity contribution in [2.75, 3.05) is 6.61 Å². The molecule has 1 amide bonds. The van der Waals surface area contributed by atoms with Crippen molar-refractivity contribution in [2.24, 2.45) is 11.1 Å². The van der Waals surface area contributed by atoms with Gasteiger partial charge in [-0.25, -0.2) is 15.3 Å². The van der Waals surface area contributed by atoms with E-state index in [1.165, 1.54) is 25.2 Å². The number of nitrogens with one attached hydrogen (secondary N) is 1. The summed E-state index contributed by atoms with van der Waals surface area (Å²) in [6, 6.07) is 0. The number of hydroxylamine groups is 1. The lowest BCUT2D eigenvalue weighted by atomic mass is 10.00. The van der Waals surface area contributed by atoms with Gasteiger partial charge in [-0.15, -0.1) is 11.3 Å². The van der Waals surface area contributed by atoms with Crippen LogP contribution in [-0.4, -0.2) is 46.2 Å². The minimum Gasteiger partial charge on any atom is -0.457 e. The molecular formula is C18H25N3O6S. The normalized spacial score (nSPS) is 18.0. The molecule has 1 N–H and O–H groups in total. The van der Waals surface area contributed by atoms with Gasteiger partial charge in [-0.1, -0.05) is 5.16 Å². The van der Waals surface area contributed by atoms with E-state index in [2.05, 4.69) is 15.6 Å². The highest BCUT2D eigenvalue weighted by Crippen LogP contribution is 2.20. The van der Waals surface area contributed by atoms with E-state index in [-0.39, 0.29) is 24.6 Å². The zero-order chi connectivity index (χ0) is 21.1. The van der Waals surface area contributed by atoms with E-state index < -0.39 is 28.9 Å². The Balaban J connectivity index is 2.22. The highest BCUT2D eigenvalue weighted by Gasteiger charge is 2.36. The van der Waals surface area contributed by atoms with Gasteiger partial charge in [0, 0.05) is 11.8 Å². The first-order chi connectivity index (χ1) is 12.9. The predicted molar refractivity (Wildman–Crippen MR) is 102 cm³/mol. The minimum absolute atomic E-state index is 0.0549. The molecule has 1 aliphatic heterocycles. The van der Waals surface area contributed by atoms with Crippen LogP contribution in [0.4, 0.5) is 0 Å². The van der Waals surface area contributed by atoms with Gasteiger partial charge in [-0.3, -0.25) is 14.4 Å². The molecule has 0 radical (unpaired) electrons. The lowest BCUT2D eigenvalue weighted by Crippen LogP contribution is -2.40. The number of esters is 1. The van der Waals surface area contributed by atoms with Crippen LogP contribution in [0.1, 0.15) is 51.7 Å². The standard InChI is InChI=1S/C18H25N3O6S/c1-10-19-12(9-28-10)14(13(22)7-11-8-25-21-15(11)23)20-27-18(5,6)16(24)26-17(2,3)4/h9,11H,7-8H2,1-6H3,(H,21,23)/b20-14-/t11-/m0/s1. The van der Waals surface area contributed by atoms with E-state index in [0.717, 1.165) is 5.01 Å². The third-order valence-corrected chi connectivity index (χ3v) is 4.41. The number of carbonyl (C=O) groups excluding carboxylic acids is 3. The van der Waals surface area contributed by atoms with E-state index in [0.29, 0.717) is 5.69 Å². The van der Waals surface area contributed by atoms with Crippen LogP contribution in [0.3, 0.4) is 0 Å². The van der Waals surface area contributed by atoms with Gasteiger partial charge in [-0.2, -0.15) is 0 Å². The molecule has 1 saturated heterocycles. The fourth-order valence-electron chi connectivity index (χ4n) is 2.16. The quantitative estimate of drug-likeness (QED) is 0.414. The third kappa shape index (κ3) is 5.83. The number of hydrogen-bond donors (Lipinski definition) is 1. The maximum absolute atomic E-state index is 12.8. The summed E-state index contributed by atoms with van der Waals surface area (Å²) in [5.74, 6) is -2.03. The Kier molecular flexibility index (Phi) is 6.56. The summed E-state index contributed by atoms with van der Waals surface area (Å²) in [6.07, 6.45) is -0.114. The molecule has 9 nitrogen and oxygen atoms in total. The molecule has 28 heavy (non-hydrogen) atoms. The minimum atomic E-state index is -1.42. The molecule has 2 heterocycles. The number of hydrogen-bond acceptors (Lipinski definition) is 9. The van der Waals surface area contributed by atoms with Crippen LogP contribution in [0, 0.1) is 12.8 Å². The SMILES string of the molecule is Cc1nc(/C(=N/OC(C)(C)C(=O)OC(C)(C)C)C(=O)C[C@H]2CONC2=O)cs1. The van der Waals surface area contributed by atoms with Crippen LogP contribution in [0.5, 0.6) is 0 Å². The molecule has 2 rings (SSSR count). The van der Waals surface area contributed by atoms with Gasteiger partial charge in [0.25, 0.3) is 0 Å². The summed E-state index contributed by atoms with van der Waals surface area (Å²) in [5, 5.41) is 6.34. The highest BCUT2D eigenvalue weighted by molar-refractivity contribution is 7.09. The van der Waals surface area contributed by atoms with Crippen molar-refractivity contribution in [3.8, 4) is 0 Å². The lowest BCUT2D eigenvalue weighted by molar-refractivity contribution is -0.179. The van der Waals surface area contributed by atoms with E-state index in [4.69, 9.17) is 14.4 Å². The number of carbonyl (C=O) groups is 3. The molecular weight excluding hydrogens is 386 g/mol.